The van der Waals surface area contributed by atoms with E-state index < -0.39 is 0 Å². The predicted octanol–water partition coefficient (Wildman–Crippen LogP) is 1.20. The third-order valence-corrected chi connectivity index (χ3v) is 3.63. The normalized spacial score (nSPS) is 29.9. The van der Waals surface area contributed by atoms with Crippen molar-refractivity contribution in [2.24, 2.45) is 0 Å². The largest absolute Gasteiger partial charge is 0.378 e. The molecule has 2 heterocycles. The fourth-order valence-corrected chi connectivity index (χ4v) is 2.60. The van der Waals surface area contributed by atoms with Crippen LogP contribution >= 0.6 is 0 Å². The molecular weight excluding hydrogens is 216 g/mol. The third-order valence-electron chi connectivity index (χ3n) is 3.63. The molecule has 2 atom stereocenters. The lowest BCUT2D eigenvalue weighted by Crippen LogP contribution is -2.45. The van der Waals surface area contributed by atoms with E-state index in [9.17, 15) is 4.79 Å². The maximum atomic E-state index is 11.8. The second-order valence-electron chi connectivity index (χ2n) is 5.14. The van der Waals surface area contributed by atoms with Crippen molar-refractivity contribution in [1.82, 2.24) is 10.6 Å². The van der Waals surface area contributed by atoms with Gasteiger partial charge in [0, 0.05) is 25.6 Å². The summed E-state index contributed by atoms with van der Waals surface area (Å²) in [5, 5.41) is 6.41. The molecule has 0 aromatic rings. The fourth-order valence-electron chi connectivity index (χ4n) is 2.60. The van der Waals surface area contributed by atoms with Crippen LogP contribution in [0.1, 0.15) is 44.9 Å². The molecule has 2 aliphatic heterocycles. The average Bonchev–Trinajstić information content (AvgIpc) is 2.39. The quantitative estimate of drug-likeness (QED) is 0.776. The number of hydrogen-bond acceptors (Lipinski definition) is 3. The zero-order valence-corrected chi connectivity index (χ0v) is 10.5. The van der Waals surface area contributed by atoms with Gasteiger partial charge < -0.3 is 15.4 Å². The minimum absolute atomic E-state index is 0.188. The number of nitrogens with one attached hydrogen (secondary N) is 2. The van der Waals surface area contributed by atoms with Gasteiger partial charge in [-0.2, -0.15) is 0 Å². The molecule has 98 valence electrons. The summed E-state index contributed by atoms with van der Waals surface area (Å²) in [4.78, 5) is 11.8. The van der Waals surface area contributed by atoms with Crippen LogP contribution in [0.2, 0.25) is 0 Å². The molecule has 0 aromatic heterocycles. The molecule has 2 aliphatic rings. The summed E-state index contributed by atoms with van der Waals surface area (Å²) < 4.78 is 5.63. The smallest absolute Gasteiger partial charge is 0.220 e. The van der Waals surface area contributed by atoms with Gasteiger partial charge in [0.2, 0.25) is 5.91 Å². The molecule has 0 radical (unpaired) electrons. The van der Waals surface area contributed by atoms with Gasteiger partial charge in [0.1, 0.15) is 0 Å². The second kappa shape index (κ2) is 6.97. The van der Waals surface area contributed by atoms with Crippen molar-refractivity contribution >= 4 is 5.91 Å². The Morgan fingerprint density at radius 3 is 2.94 bits per heavy atom. The van der Waals surface area contributed by atoms with Gasteiger partial charge in [-0.3, -0.25) is 4.79 Å². The second-order valence-corrected chi connectivity index (χ2v) is 5.14. The third kappa shape index (κ3) is 4.64. The lowest BCUT2D eigenvalue weighted by atomic mass is 10.0. The van der Waals surface area contributed by atoms with Crippen LogP contribution in [0, 0.1) is 0 Å². The summed E-state index contributed by atoms with van der Waals surface area (Å²) in [5.41, 5.74) is 0. The van der Waals surface area contributed by atoms with Gasteiger partial charge in [-0.05, 0) is 45.1 Å². The molecular formula is C13H24N2O2. The first-order valence-electron chi connectivity index (χ1n) is 6.96. The van der Waals surface area contributed by atoms with E-state index in [1.165, 1.54) is 12.8 Å². The highest BCUT2D eigenvalue weighted by molar-refractivity contribution is 5.76. The van der Waals surface area contributed by atoms with Gasteiger partial charge in [0.15, 0.2) is 0 Å². The van der Waals surface area contributed by atoms with Crippen molar-refractivity contribution in [3.05, 3.63) is 0 Å². The highest BCUT2D eigenvalue weighted by atomic mass is 16.5. The van der Waals surface area contributed by atoms with Crippen molar-refractivity contribution in [3.63, 3.8) is 0 Å². The van der Waals surface area contributed by atoms with Crippen molar-refractivity contribution in [1.29, 1.82) is 0 Å². The molecule has 0 saturated carbocycles. The molecule has 0 bridgehead atoms. The first-order valence-corrected chi connectivity index (χ1v) is 6.96. The van der Waals surface area contributed by atoms with Crippen LogP contribution < -0.4 is 10.6 Å². The van der Waals surface area contributed by atoms with Gasteiger partial charge in [0.25, 0.3) is 0 Å². The molecule has 2 rings (SSSR count). The Hall–Kier alpha value is -0.610. The zero-order chi connectivity index (χ0) is 11.9. The molecule has 2 N–H and O–H groups in total. The maximum absolute atomic E-state index is 11.8. The number of carbonyl (C=O) groups is 1. The number of carbonyl (C=O) groups excluding carboxylic acids is 1. The fraction of sp³-hybridized carbons (Fsp3) is 0.923. The summed E-state index contributed by atoms with van der Waals surface area (Å²) in [6.07, 6.45) is 7.63. The average molecular weight is 240 g/mol. The molecule has 17 heavy (non-hydrogen) atoms. The number of amides is 1. The summed E-state index contributed by atoms with van der Waals surface area (Å²) in [7, 11) is 0. The standard InChI is InChI=1S/C13H24N2O2/c16-13(15-11-4-3-8-14-10-11)7-6-12-5-1-2-9-17-12/h11-12,14H,1-10H2,(H,15,16)/t11-,12?/m0/s1. The van der Waals surface area contributed by atoms with Crippen LogP contribution in [0.4, 0.5) is 0 Å². The number of rotatable bonds is 4. The van der Waals surface area contributed by atoms with E-state index in [1.807, 2.05) is 0 Å². The van der Waals surface area contributed by atoms with Gasteiger partial charge >= 0.3 is 0 Å². The summed E-state index contributed by atoms with van der Waals surface area (Å²) in [6.45, 7) is 2.88. The van der Waals surface area contributed by atoms with E-state index in [-0.39, 0.29) is 5.91 Å². The molecule has 1 amide bonds. The van der Waals surface area contributed by atoms with Crippen molar-refractivity contribution in [3.8, 4) is 0 Å². The Morgan fingerprint density at radius 1 is 1.29 bits per heavy atom. The predicted molar refractivity (Wildman–Crippen MR) is 66.9 cm³/mol. The molecule has 0 aromatic carbocycles. The number of ether oxygens (including phenoxy) is 1. The Kier molecular flexibility index (Phi) is 5.26. The van der Waals surface area contributed by atoms with Crippen LogP contribution in [0.3, 0.4) is 0 Å². The van der Waals surface area contributed by atoms with Crippen LogP contribution in [-0.4, -0.2) is 37.7 Å². The first-order chi connectivity index (χ1) is 8.34. The number of hydrogen-bond donors (Lipinski definition) is 2. The van der Waals surface area contributed by atoms with Gasteiger partial charge in [0.05, 0.1) is 6.10 Å². The van der Waals surface area contributed by atoms with E-state index >= 15 is 0 Å². The van der Waals surface area contributed by atoms with E-state index in [0.29, 0.717) is 18.6 Å². The van der Waals surface area contributed by atoms with Crippen molar-refractivity contribution in [2.45, 2.75) is 57.1 Å². The van der Waals surface area contributed by atoms with Crippen molar-refractivity contribution in [2.75, 3.05) is 19.7 Å². The highest BCUT2D eigenvalue weighted by Gasteiger charge is 2.18. The molecule has 1 unspecified atom stereocenters. The van der Waals surface area contributed by atoms with Crippen LogP contribution in [0.15, 0.2) is 0 Å². The van der Waals surface area contributed by atoms with E-state index in [2.05, 4.69) is 10.6 Å². The van der Waals surface area contributed by atoms with E-state index in [4.69, 9.17) is 4.74 Å². The lowest BCUT2D eigenvalue weighted by molar-refractivity contribution is -0.122. The van der Waals surface area contributed by atoms with Gasteiger partial charge in [-0.25, -0.2) is 0 Å². The summed E-state index contributed by atoms with van der Waals surface area (Å²) in [5.74, 6) is 0.188. The Morgan fingerprint density at radius 2 is 2.24 bits per heavy atom. The lowest BCUT2D eigenvalue weighted by Gasteiger charge is -2.25. The van der Waals surface area contributed by atoms with Crippen molar-refractivity contribution < 1.29 is 9.53 Å². The Balaban J connectivity index is 1.59. The Bertz CT molecular complexity index is 234. The SMILES string of the molecule is O=C(CCC1CCCCO1)N[C@H]1CCCNC1. The van der Waals surface area contributed by atoms with Crippen LogP contribution in [-0.2, 0) is 9.53 Å². The van der Waals surface area contributed by atoms with E-state index in [1.54, 1.807) is 0 Å². The topological polar surface area (TPSA) is 50.4 Å². The number of piperidine rings is 1. The monoisotopic (exact) mass is 240 g/mol. The summed E-state index contributed by atoms with van der Waals surface area (Å²) in [6, 6.07) is 0.337. The van der Waals surface area contributed by atoms with Crippen LogP contribution in [0.25, 0.3) is 0 Å². The summed E-state index contributed by atoms with van der Waals surface area (Å²) >= 11 is 0. The molecule has 0 spiro atoms. The zero-order valence-electron chi connectivity index (χ0n) is 10.5. The molecule has 4 heteroatoms. The molecule has 2 fully saturated rings. The molecule has 2 saturated heterocycles. The Labute approximate surface area is 103 Å². The minimum Gasteiger partial charge on any atom is -0.378 e. The van der Waals surface area contributed by atoms with Crippen LogP contribution in [0.5, 0.6) is 0 Å². The van der Waals surface area contributed by atoms with Gasteiger partial charge in [-0.1, -0.05) is 0 Å². The molecule has 0 aliphatic carbocycles. The highest BCUT2D eigenvalue weighted by Crippen LogP contribution is 2.16. The van der Waals surface area contributed by atoms with E-state index in [0.717, 1.165) is 45.4 Å². The minimum atomic E-state index is 0.188. The first kappa shape index (κ1) is 12.8. The maximum Gasteiger partial charge on any atom is 0.220 e. The molecule has 4 nitrogen and oxygen atoms in total. The van der Waals surface area contributed by atoms with Gasteiger partial charge in [-0.15, -0.1) is 0 Å².